The lowest BCUT2D eigenvalue weighted by molar-refractivity contribution is -0.00901. The van der Waals surface area contributed by atoms with Crippen LogP contribution in [-0.2, 0) is 6.42 Å². The highest BCUT2D eigenvalue weighted by Gasteiger charge is 2.33. The summed E-state index contributed by atoms with van der Waals surface area (Å²) in [6.45, 7) is 1.45. The van der Waals surface area contributed by atoms with Crippen LogP contribution in [0.1, 0.15) is 5.56 Å². The summed E-state index contributed by atoms with van der Waals surface area (Å²) < 4.78 is 0. The van der Waals surface area contributed by atoms with Gasteiger partial charge in [0, 0.05) is 19.5 Å². The molecule has 0 saturated carbocycles. The van der Waals surface area contributed by atoms with E-state index in [-0.39, 0.29) is 0 Å². The van der Waals surface area contributed by atoms with Crippen molar-refractivity contribution in [2.24, 2.45) is 0 Å². The summed E-state index contributed by atoms with van der Waals surface area (Å²) in [5.74, 6) is 0. The molecule has 1 aliphatic rings. The molecule has 1 fully saturated rings. The summed E-state index contributed by atoms with van der Waals surface area (Å²) in [6, 6.07) is 10.1. The van der Waals surface area contributed by atoms with E-state index >= 15 is 0 Å². The van der Waals surface area contributed by atoms with Gasteiger partial charge in [0.25, 0.3) is 0 Å². The van der Waals surface area contributed by atoms with Crippen molar-refractivity contribution in [2.75, 3.05) is 13.1 Å². The summed E-state index contributed by atoms with van der Waals surface area (Å²) >= 11 is 0. The summed E-state index contributed by atoms with van der Waals surface area (Å²) in [5.41, 5.74) is 0.725. The Morgan fingerprint density at radius 1 is 1.25 bits per heavy atom. The zero-order chi connectivity index (χ0) is 8.44. The molecule has 2 N–H and O–H groups in total. The number of rotatable bonds is 2. The molecule has 0 amide bonds. The van der Waals surface area contributed by atoms with Crippen LogP contribution < -0.4 is 5.32 Å². The van der Waals surface area contributed by atoms with Crippen LogP contribution in [0.25, 0.3) is 0 Å². The van der Waals surface area contributed by atoms with E-state index < -0.39 is 5.60 Å². The van der Waals surface area contributed by atoms with Gasteiger partial charge < -0.3 is 10.4 Å². The Hall–Kier alpha value is -0.860. The molecule has 2 heteroatoms. The largest absolute Gasteiger partial charge is 0.387 e. The molecule has 12 heavy (non-hydrogen) atoms. The Kier molecular flexibility index (Phi) is 1.87. The summed E-state index contributed by atoms with van der Waals surface area (Å²) in [5, 5.41) is 12.9. The highest BCUT2D eigenvalue weighted by Crippen LogP contribution is 2.16. The Balaban J connectivity index is 2.04. The molecule has 0 radical (unpaired) electrons. The van der Waals surface area contributed by atoms with Crippen LogP contribution >= 0.6 is 0 Å². The van der Waals surface area contributed by atoms with Gasteiger partial charge in [0.15, 0.2) is 0 Å². The average molecular weight is 163 g/mol. The van der Waals surface area contributed by atoms with Crippen LogP contribution in [-0.4, -0.2) is 23.8 Å². The predicted octanol–water partition coefficient (Wildman–Crippen LogP) is 0.563. The SMILES string of the molecule is OC1(Cc2ccccc2)CNC1. The number of benzene rings is 1. The van der Waals surface area contributed by atoms with E-state index in [4.69, 9.17) is 0 Å². The second kappa shape index (κ2) is 2.88. The zero-order valence-electron chi connectivity index (χ0n) is 6.96. The molecule has 0 bridgehead atoms. The van der Waals surface area contributed by atoms with Crippen molar-refractivity contribution >= 4 is 0 Å². The second-order valence-corrected chi connectivity index (χ2v) is 3.49. The highest BCUT2D eigenvalue weighted by molar-refractivity contribution is 5.18. The molecule has 64 valence electrons. The fraction of sp³-hybridized carbons (Fsp3) is 0.400. The highest BCUT2D eigenvalue weighted by atomic mass is 16.3. The van der Waals surface area contributed by atoms with E-state index in [1.54, 1.807) is 0 Å². The second-order valence-electron chi connectivity index (χ2n) is 3.49. The lowest BCUT2D eigenvalue weighted by Crippen LogP contribution is -2.60. The fourth-order valence-corrected chi connectivity index (χ4v) is 1.51. The molecular formula is C10H13NO. The van der Waals surface area contributed by atoms with E-state index in [0.717, 1.165) is 19.5 Å². The first-order valence-electron chi connectivity index (χ1n) is 4.26. The standard InChI is InChI=1S/C10H13NO/c12-10(7-11-8-10)6-9-4-2-1-3-5-9/h1-5,11-12H,6-8H2. The lowest BCUT2D eigenvalue weighted by atomic mass is 9.89. The smallest absolute Gasteiger partial charge is 0.0935 e. The van der Waals surface area contributed by atoms with Gasteiger partial charge in [-0.05, 0) is 5.56 Å². The number of nitrogens with one attached hydrogen (secondary N) is 1. The number of aliphatic hydroxyl groups is 1. The van der Waals surface area contributed by atoms with Crippen LogP contribution in [0.4, 0.5) is 0 Å². The van der Waals surface area contributed by atoms with Crippen molar-refractivity contribution in [3.63, 3.8) is 0 Å². The average Bonchev–Trinajstić information content (AvgIpc) is 2.04. The number of hydrogen-bond acceptors (Lipinski definition) is 2. The normalized spacial score (nSPS) is 20.1. The maximum absolute atomic E-state index is 9.80. The Morgan fingerprint density at radius 3 is 2.42 bits per heavy atom. The summed E-state index contributed by atoms with van der Waals surface area (Å²) in [6.07, 6.45) is 0.765. The Morgan fingerprint density at radius 2 is 1.92 bits per heavy atom. The van der Waals surface area contributed by atoms with Crippen molar-refractivity contribution in [2.45, 2.75) is 12.0 Å². The molecule has 1 aromatic rings. The van der Waals surface area contributed by atoms with E-state index in [2.05, 4.69) is 17.4 Å². The maximum atomic E-state index is 9.80. The molecule has 1 saturated heterocycles. The Labute approximate surface area is 72.2 Å². The van der Waals surface area contributed by atoms with Gasteiger partial charge in [-0.1, -0.05) is 30.3 Å². The van der Waals surface area contributed by atoms with Gasteiger partial charge in [-0.2, -0.15) is 0 Å². The van der Waals surface area contributed by atoms with Crippen molar-refractivity contribution in [3.05, 3.63) is 35.9 Å². The van der Waals surface area contributed by atoms with Crippen molar-refractivity contribution in [1.82, 2.24) is 5.32 Å². The molecule has 1 aromatic carbocycles. The molecular weight excluding hydrogens is 150 g/mol. The molecule has 2 nitrogen and oxygen atoms in total. The Bertz CT molecular complexity index is 254. The lowest BCUT2D eigenvalue weighted by Gasteiger charge is -2.37. The van der Waals surface area contributed by atoms with E-state index in [9.17, 15) is 5.11 Å². The third-order valence-electron chi connectivity index (χ3n) is 2.28. The van der Waals surface area contributed by atoms with Gasteiger partial charge in [-0.3, -0.25) is 0 Å². The number of hydrogen-bond donors (Lipinski definition) is 2. The van der Waals surface area contributed by atoms with Crippen LogP contribution in [0.2, 0.25) is 0 Å². The molecule has 0 spiro atoms. The minimum absolute atomic E-state index is 0.485. The van der Waals surface area contributed by atoms with Crippen molar-refractivity contribution in [1.29, 1.82) is 0 Å². The van der Waals surface area contributed by atoms with E-state index in [1.165, 1.54) is 5.56 Å². The maximum Gasteiger partial charge on any atom is 0.0935 e. The van der Waals surface area contributed by atoms with Gasteiger partial charge >= 0.3 is 0 Å². The van der Waals surface area contributed by atoms with Crippen molar-refractivity contribution in [3.8, 4) is 0 Å². The minimum atomic E-state index is -0.485. The van der Waals surface area contributed by atoms with E-state index in [0.29, 0.717) is 0 Å². The van der Waals surface area contributed by atoms with Gasteiger partial charge in [-0.25, -0.2) is 0 Å². The first-order chi connectivity index (χ1) is 5.79. The molecule has 0 aliphatic carbocycles. The quantitative estimate of drug-likeness (QED) is 0.668. The minimum Gasteiger partial charge on any atom is -0.387 e. The van der Waals surface area contributed by atoms with Crippen LogP contribution in [0.15, 0.2) is 30.3 Å². The number of β-amino-alcohol motifs (C(OH)–C–C–N with tert-alkyl or cyclic N) is 1. The summed E-state index contributed by atoms with van der Waals surface area (Å²) in [7, 11) is 0. The monoisotopic (exact) mass is 163 g/mol. The van der Waals surface area contributed by atoms with E-state index in [1.807, 2.05) is 18.2 Å². The van der Waals surface area contributed by atoms with Gasteiger partial charge in [-0.15, -0.1) is 0 Å². The zero-order valence-corrected chi connectivity index (χ0v) is 6.96. The fourth-order valence-electron chi connectivity index (χ4n) is 1.51. The van der Waals surface area contributed by atoms with Crippen LogP contribution in [0.3, 0.4) is 0 Å². The first kappa shape index (κ1) is 7.77. The van der Waals surface area contributed by atoms with Gasteiger partial charge in [0.05, 0.1) is 5.60 Å². The van der Waals surface area contributed by atoms with Crippen LogP contribution in [0.5, 0.6) is 0 Å². The predicted molar refractivity (Wildman–Crippen MR) is 48.0 cm³/mol. The first-order valence-corrected chi connectivity index (χ1v) is 4.26. The van der Waals surface area contributed by atoms with Crippen molar-refractivity contribution < 1.29 is 5.11 Å². The van der Waals surface area contributed by atoms with Gasteiger partial charge in [0.2, 0.25) is 0 Å². The third-order valence-corrected chi connectivity index (χ3v) is 2.28. The topological polar surface area (TPSA) is 32.3 Å². The molecule has 0 aromatic heterocycles. The summed E-state index contributed by atoms with van der Waals surface area (Å²) in [4.78, 5) is 0. The van der Waals surface area contributed by atoms with Crippen LogP contribution in [0, 0.1) is 0 Å². The third kappa shape index (κ3) is 1.49. The molecule has 0 atom stereocenters. The molecule has 1 aliphatic heterocycles. The van der Waals surface area contributed by atoms with Gasteiger partial charge in [0.1, 0.15) is 0 Å². The molecule has 0 unspecified atom stereocenters. The molecule has 2 rings (SSSR count). The molecule has 1 heterocycles.